The zero-order chi connectivity index (χ0) is 13.5. The van der Waals surface area contributed by atoms with E-state index >= 15 is 0 Å². The van der Waals surface area contributed by atoms with Crippen molar-refractivity contribution in [3.63, 3.8) is 0 Å². The van der Waals surface area contributed by atoms with Gasteiger partial charge in [-0.2, -0.15) is 10.5 Å². The topological polar surface area (TPSA) is 90.7 Å². The molecule has 0 unspecified atom stereocenters. The summed E-state index contributed by atoms with van der Waals surface area (Å²) in [6.07, 6.45) is 2.29. The van der Waals surface area contributed by atoms with E-state index in [-0.39, 0.29) is 12.1 Å². The molecular weight excluding hydrogens is 230 g/mol. The summed E-state index contributed by atoms with van der Waals surface area (Å²) in [6.45, 7) is 1.99. The van der Waals surface area contributed by atoms with Crippen LogP contribution in [-0.4, -0.2) is 4.92 Å². The fourth-order valence-corrected chi connectivity index (χ4v) is 1.79. The molecule has 1 aromatic rings. The lowest BCUT2D eigenvalue weighted by Crippen LogP contribution is -2.01. The number of hydrogen-bond donors (Lipinski definition) is 0. The summed E-state index contributed by atoms with van der Waals surface area (Å²) in [4.78, 5) is 10.5. The summed E-state index contributed by atoms with van der Waals surface area (Å²) in [5.74, 6) is 0. The number of benzene rings is 1. The Hall–Kier alpha value is -2.40. The van der Waals surface area contributed by atoms with Crippen molar-refractivity contribution in [3.05, 3.63) is 38.9 Å². The number of hydrogen-bond acceptors (Lipinski definition) is 4. The molecule has 0 saturated heterocycles. The molecule has 0 atom stereocenters. The first kappa shape index (κ1) is 13.7. The molecule has 1 rings (SSSR count). The van der Waals surface area contributed by atoms with Crippen molar-refractivity contribution >= 4 is 5.69 Å². The summed E-state index contributed by atoms with van der Waals surface area (Å²) in [7, 11) is 0. The van der Waals surface area contributed by atoms with E-state index in [1.165, 1.54) is 6.07 Å². The van der Waals surface area contributed by atoms with Crippen molar-refractivity contribution in [1.82, 2.24) is 0 Å². The molecule has 0 heterocycles. The lowest BCUT2D eigenvalue weighted by molar-refractivity contribution is -0.385. The van der Waals surface area contributed by atoms with E-state index < -0.39 is 4.92 Å². The molecule has 0 saturated carbocycles. The van der Waals surface area contributed by atoms with Crippen LogP contribution in [-0.2, 0) is 12.8 Å². The minimum atomic E-state index is -0.479. The van der Waals surface area contributed by atoms with Crippen LogP contribution in [0.15, 0.2) is 12.1 Å². The monoisotopic (exact) mass is 243 g/mol. The predicted octanol–water partition coefficient (Wildman–Crippen LogP) is 2.88. The second-order valence-electron chi connectivity index (χ2n) is 3.95. The summed E-state index contributed by atoms with van der Waals surface area (Å²) in [5.41, 5.74) is 1.25. The molecular formula is C13H13N3O2. The Bertz CT molecular complexity index is 538. The van der Waals surface area contributed by atoms with Crippen LogP contribution < -0.4 is 0 Å². The van der Waals surface area contributed by atoms with E-state index in [0.29, 0.717) is 23.1 Å². The normalized spacial score (nSPS) is 9.50. The van der Waals surface area contributed by atoms with Crippen LogP contribution in [0.25, 0.3) is 0 Å². The van der Waals surface area contributed by atoms with Crippen LogP contribution >= 0.6 is 0 Å². The van der Waals surface area contributed by atoms with E-state index in [0.717, 1.165) is 12.8 Å². The van der Waals surface area contributed by atoms with Gasteiger partial charge in [0.25, 0.3) is 5.69 Å². The Morgan fingerprint density at radius 3 is 2.61 bits per heavy atom. The number of nitro groups is 1. The summed E-state index contributed by atoms with van der Waals surface area (Å²) < 4.78 is 0. The van der Waals surface area contributed by atoms with Gasteiger partial charge in [-0.1, -0.05) is 13.3 Å². The zero-order valence-corrected chi connectivity index (χ0v) is 10.1. The molecule has 18 heavy (non-hydrogen) atoms. The van der Waals surface area contributed by atoms with E-state index in [2.05, 4.69) is 0 Å². The molecule has 0 aliphatic rings. The second kappa shape index (κ2) is 6.36. The number of rotatable bonds is 5. The highest BCUT2D eigenvalue weighted by Gasteiger charge is 2.19. The molecule has 92 valence electrons. The van der Waals surface area contributed by atoms with Crippen LogP contribution in [0.2, 0.25) is 0 Å². The molecule has 1 aromatic carbocycles. The van der Waals surface area contributed by atoms with Gasteiger partial charge in [0.2, 0.25) is 0 Å². The highest BCUT2D eigenvalue weighted by Crippen LogP contribution is 2.26. The molecule has 0 aliphatic carbocycles. The van der Waals surface area contributed by atoms with Crippen molar-refractivity contribution in [2.24, 2.45) is 0 Å². The van der Waals surface area contributed by atoms with Crippen molar-refractivity contribution in [3.8, 4) is 12.1 Å². The third-order valence-corrected chi connectivity index (χ3v) is 2.67. The Morgan fingerprint density at radius 2 is 2.11 bits per heavy atom. The van der Waals surface area contributed by atoms with Crippen molar-refractivity contribution in [2.75, 3.05) is 0 Å². The van der Waals surface area contributed by atoms with Gasteiger partial charge < -0.3 is 0 Å². The maximum Gasteiger partial charge on any atom is 0.274 e. The largest absolute Gasteiger partial charge is 0.274 e. The first-order chi connectivity index (χ1) is 8.63. The van der Waals surface area contributed by atoms with Crippen molar-refractivity contribution < 1.29 is 4.92 Å². The Balaban J connectivity index is 3.33. The highest BCUT2D eigenvalue weighted by molar-refractivity contribution is 5.54. The lowest BCUT2D eigenvalue weighted by Gasteiger charge is -2.06. The molecule has 0 amide bonds. The molecule has 0 spiro atoms. The van der Waals surface area contributed by atoms with Crippen LogP contribution in [0, 0.1) is 32.8 Å². The third kappa shape index (κ3) is 3.05. The van der Waals surface area contributed by atoms with Gasteiger partial charge in [0.05, 0.1) is 29.0 Å². The summed E-state index contributed by atoms with van der Waals surface area (Å²) >= 11 is 0. The maximum atomic E-state index is 11.0. The molecule has 0 aliphatic heterocycles. The maximum absolute atomic E-state index is 11.0. The van der Waals surface area contributed by atoms with Gasteiger partial charge in [0.1, 0.15) is 0 Å². The highest BCUT2D eigenvalue weighted by atomic mass is 16.6. The number of nitro benzene ring substituents is 1. The van der Waals surface area contributed by atoms with Crippen molar-refractivity contribution in [1.29, 1.82) is 10.5 Å². The Kier molecular flexibility index (Phi) is 4.83. The average Bonchev–Trinajstić information content (AvgIpc) is 2.36. The van der Waals surface area contributed by atoms with Gasteiger partial charge in [-0.05, 0) is 24.5 Å². The van der Waals surface area contributed by atoms with Gasteiger partial charge in [-0.25, -0.2) is 0 Å². The van der Waals surface area contributed by atoms with Crippen LogP contribution in [0.5, 0.6) is 0 Å². The fourth-order valence-electron chi connectivity index (χ4n) is 1.79. The van der Waals surface area contributed by atoms with Gasteiger partial charge in [-0.3, -0.25) is 10.1 Å². The molecule has 0 bridgehead atoms. The van der Waals surface area contributed by atoms with E-state index in [9.17, 15) is 10.1 Å². The van der Waals surface area contributed by atoms with E-state index in [4.69, 9.17) is 10.5 Å². The minimum absolute atomic E-state index is 0.0484. The minimum Gasteiger partial charge on any atom is -0.258 e. The van der Waals surface area contributed by atoms with Crippen LogP contribution in [0.4, 0.5) is 5.69 Å². The van der Waals surface area contributed by atoms with Crippen LogP contribution in [0.1, 0.15) is 36.5 Å². The standard InChI is InChI=1S/C13H13N3O2/c1-2-3-4-12-11(9-15)7-10(5-6-14)8-13(12)16(17)18/h7-8H,2-5H2,1H3. The molecule has 5 heteroatoms. The first-order valence-electron chi connectivity index (χ1n) is 5.71. The fraction of sp³-hybridized carbons (Fsp3) is 0.385. The molecule has 0 fully saturated rings. The van der Waals surface area contributed by atoms with Gasteiger partial charge in [0.15, 0.2) is 0 Å². The van der Waals surface area contributed by atoms with E-state index in [1.54, 1.807) is 6.07 Å². The SMILES string of the molecule is CCCCc1c(C#N)cc(CC#N)cc1[N+](=O)[O-]. The summed E-state index contributed by atoms with van der Waals surface area (Å²) in [6, 6.07) is 6.89. The van der Waals surface area contributed by atoms with Crippen molar-refractivity contribution in [2.45, 2.75) is 32.6 Å². The molecule has 0 N–H and O–H groups in total. The molecule has 0 aromatic heterocycles. The average molecular weight is 243 g/mol. The Morgan fingerprint density at radius 1 is 1.39 bits per heavy atom. The quantitative estimate of drug-likeness (QED) is 0.587. The van der Waals surface area contributed by atoms with Gasteiger partial charge in [-0.15, -0.1) is 0 Å². The van der Waals surface area contributed by atoms with Gasteiger partial charge >= 0.3 is 0 Å². The van der Waals surface area contributed by atoms with Gasteiger partial charge in [0, 0.05) is 11.6 Å². The van der Waals surface area contributed by atoms with Crippen LogP contribution in [0.3, 0.4) is 0 Å². The Labute approximate surface area is 105 Å². The predicted molar refractivity (Wildman–Crippen MR) is 65.7 cm³/mol. The number of nitriles is 2. The smallest absolute Gasteiger partial charge is 0.258 e. The zero-order valence-electron chi connectivity index (χ0n) is 10.1. The second-order valence-corrected chi connectivity index (χ2v) is 3.95. The first-order valence-corrected chi connectivity index (χ1v) is 5.71. The molecule has 0 radical (unpaired) electrons. The third-order valence-electron chi connectivity index (χ3n) is 2.67. The molecule has 5 nitrogen and oxygen atoms in total. The van der Waals surface area contributed by atoms with E-state index in [1.807, 2.05) is 19.1 Å². The lowest BCUT2D eigenvalue weighted by atomic mass is 9.97. The number of unbranched alkanes of at least 4 members (excludes halogenated alkanes) is 1. The number of nitrogens with zero attached hydrogens (tertiary/aromatic N) is 3. The summed E-state index contributed by atoms with van der Waals surface area (Å²) in [5, 5.41) is 28.7.